The van der Waals surface area contributed by atoms with E-state index in [1.54, 1.807) is 0 Å². The van der Waals surface area contributed by atoms with E-state index in [0.717, 1.165) is 18.4 Å². The van der Waals surface area contributed by atoms with Crippen LogP contribution in [0.3, 0.4) is 0 Å². The summed E-state index contributed by atoms with van der Waals surface area (Å²) in [5.74, 6) is -0.254. The van der Waals surface area contributed by atoms with E-state index in [2.05, 4.69) is 50.1 Å². The predicted molar refractivity (Wildman–Crippen MR) is 87.6 cm³/mol. The normalized spacial score (nSPS) is 25.2. The third-order valence-corrected chi connectivity index (χ3v) is 7.06. The van der Waals surface area contributed by atoms with Crippen LogP contribution >= 0.6 is 31.9 Å². The minimum absolute atomic E-state index is 0.0242. The molecule has 1 aliphatic carbocycles. The molecule has 0 N–H and O–H groups in total. The minimum atomic E-state index is -0.806. The van der Waals surface area contributed by atoms with Gasteiger partial charge in [0.1, 0.15) is 0 Å². The number of halogens is 2. The molecule has 2 atom stereocenters. The van der Waals surface area contributed by atoms with Gasteiger partial charge in [-0.05, 0) is 34.7 Å². The van der Waals surface area contributed by atoms with E-state index in [1.165, 1.54) is 23.4 Å². The molecule has 20 heavy (non-hydrogen) atoms. The molecule has 0 spiro atoms. The number of hydrogen-bond donors (Lipinski definition) is 0. The lowest BCUT2D eigenvalue weighted by molar-refractivity contribution is -0.143. The van der Waals surface area contributed by atoms with Crippen molar-refractivity contribution in [3.8, 4) is 0 Å². The molecule has 104 valence electrons. The van der Waals surface area contributed by atoms with Crippen molar-refractivity contribution in [3.63, 3.8) is 0 Å². The molecular formula is C16H14Br2O2. The van der Waals surface area contributed by atoms with Crippen molar-refractivity contribution in [3.05, 3.63) is 47.5 Å². The summed E-state index contributed by atoms with van der Waals surface area (Å²) in [7, 11) is 1.43. The molecule has 0 aromatic heterocycles. The first kappa shape index (κ1) is 14.1. The van der Waals surface area contributed by atoms with E-state index in [4.69, 9.17) is 4.74 Å². The topological polar surface area (TPSA) is 26.3 Å². The van der Waals surface area contributed by atoms with Gasteiger partial charge in [-0.2, -0.15) is 0 Å². The van der Waals surface area contributed by atoms with Crippen LogP contribution in [0.25, 0.3) is 10.8 Å². The second-order valence-electron chi connectivity index (χ2n) is 5.02. The van der Waals surface area contributed by atoms with Crippen LogP contribution in [0.15, 0.2) is 36.4 Å². The maximum Gasteiger partial charge on any atom is 0.328 e. The van der Waals surface area contributed by atoms with Crippen molar-refractivity contribution in [2.75, 3.05) is 7.11 Å². The van der Waals surface area contributed by atoms with Gasteiger partial charge in [-0.1, -0.05) is 68.3 Å². The summed E-state index contributed by atoms with van der Waals surface area (Å²) < 4.78 is 4.21. The lowest BCUT2D eigenvalue weighted by Crippen LogP contribution is -2.42. The largest absolute Gasteiger partial charge is 0.468 e. The first-order valence-electron chi connectivity index (χ1n) is 6.51. The molecule has 1 aliphatic rings. The highest BCUT2D eigenvalue weighted by Gasteiger charge is 2.48. The summed E-state index contributed by atoms with van der Waals surface area (Å²) in [6.45, 7) is 0. The average molecular weight is 398 g/mol. The minimum Gasteiger partial charge on any atom is -0.468 e. The number of benzene rings is 2. The first-order valence-corrected chi connectivity index (χ1v) is 8.22. The molecule has 2 aromatic carbocycles. The molecule has 3 rings (SSSR count). The van der Waals surface area contributed by atoms with Crippen LogP contribution in [0.2, 0.25) is 0 Å². The zero-order chi connectivity index (χ0) is 14.3. The summed E-state index contributed by atoms with van der Waals surface area (Å²) >= 11 is 7.29. The van der Waals surface area contributed by atoms with Gasteiger partial charge in [-0.3, -0.25) is 4.79 Å². The summed E-state index contributed by atoms with van der Waals surface area (Å²) in [6, 6.07) is 12.4. The number of ether oxygens (including phenoxy) is 1. The van der Waals surface area contributed by atoms with E-state index in [1.807, 2.05) is 18.2 Å². The zero-order valence-electron chi connectivity index (χ0n) is 11.0. The molecule has 0 heterocycles. The molecule has 0 radical (unpaired) electrons. The van der Waals surface area contributed by atoms with Gasteiger partial charge >= 0.3 is 5.97 Å². The van der Waals surface area contributed by atoms with E-state index in [9.17, 15) is 4.79 Å². The number of methoxy groups -OCH3 is 1. The lowest BCUT2D eigenvalue weighted by Gasteiger charge is -2.36. The van der Waals surface area contributed by atoms with Gasteiger partial charge < -0.3 is 4.74 Å². The van der Waals surface area contributed by atoms with Crippen LogP contribution < -0.4 is 0 Å². The van der Waals surface area contributed by atoms with Crippen molar-refractivity contribution in [2.45, 2.75) is 22.0 Å². The fourth-order valence-electron chi connectivity index (χ4n) is 2.97. The zero-order valence-corrected chi connectivity index (χ0v) is 14.2. The summed E-state index contributed by atoms with van der Waals surface area (Å²) in [6.07, 6.45) is 1.85. The number of aryl methyl sites for hydroxylation is 1. The Bertz CT molecular complexity index is 683. The summed E-state index contributed by atoms with van der Waals surface area (Å²) in [4.78, 5) is 12.3. The number of hydrogen-bond acceptors (Lipinski definition) is 2. The molecule has 0 amide bonds. The van der Waals surface area contributed by atoms with E-state index < -0.39 is 4.32 Å². The van der Waals surface area contributed by atoms with Crippen LogP contribution in [-0.4, -0.2) is 17.9 Å². The maximum absolute atomic E-state index is 12.3. The Balaban J connectivity index is 2.29. The van der Waals surface area contributed by atoms with Crippen LogP contribution in [-0.2, 0) is 20.3 Å². The standard InChI is InChI=1S/C16H14Br2O2/c1-20-15(19)16(18)13-8-6-10-4-2-3-5-11(10)12(13)7-9-14(16)17/h2-6,8,14H,7,9H2,1H3/t14-,16-/m1/s1. The summed E-state index contributed by atoms with van der Waals surface area (Å²) in [5.41, 5.74) is 2.25. The van der Waals surface area contributed by atoms with Crippen molar-refractivity contribution in [1.82, 2.24) is 0 Å². The van der Waals surface area contributed by atoms with Crippen molar-refractivity contribution in [2.24, 2.45) is 0 Å². The van der Waals surface area contributed by atoms with Crippen LogP contribution in [0.1, 0.15) is 17.5 Å². The number of alkyl halides is 2. The average Bonchev–Trinajstić information content (AvgIpc) is 2.49. The predicted octanol–water partition coefficient (Wildman–Crippen LogP) is 4.31. The third kappa shape index (κ3) is 1.92. The van der Waals surface area contributed by atoms with Gasteiger partial charge in [-0.25, -0.2) is 0 Å². The van der Waals surface area contributed by atoms with Gasteiger partial charge in [-0.15, -0.1) is 0 Å². The van der Waals surface area contributed by atoms with Gasteiger partial charge in [0.2, 0.25) is 0 Å². The molecule has 4 heteroatoms. The van der Waals surface area contributed by atoms with E-state index in [-0.39, 0.29) is 10.8 Å². The van der Waals surface area contributed by atoms with E-state index in [0.29, 0.717) is 0 Å². The third-order valence-electron chi connectivity index (χ3n) is 3.99. The second-order valence-corrected chi connectivity index (χ2v) is 7.38. The smallest absolute Gasteiger partial charge is 0.328 e. The Morgan fingerprint density at radius 1 is 1.30 bits per heavy atom. The van der Waals surface area contributed by atoms with E-state index >= 15 is 0 Å². The summed E-state index contributed by atoms with van der Waals surface area (Å²) in [5, 5.41) is 2.43. The fraction of sp³-hybridized carbons (Fsp3) is 0.312. The number of carbonyl (C=O) groups excluding carboxylic acids is 1. The molecule has 0 unspecified atom stereocenters. The van der Waals surface area contributed by atoms with Crippen molar-refractivity contribution in [1.29, 1.82) is 0 Å². The van der Waals surface area contributed by atoms with Gasteiger partial charge in [0.25, 0.3) is 0 Å². The maximum atomic E-state index is 12.3. The second kappa shape index (κ2) is 5.15. The monoisotopic (exact) mass is 396 g/mol. The van der Waals surface area contributed by atoms with Gasteiger partial charge in [0, 0.05) is 4.83 Å². The fourth-order valence-corrected chi connectivity index (χ4v) is 4.40. The molecule has 0 saturated carbocycles. The molecular weight excluding hydrogens is 384 g/mol. The van der Waals surface area contributed by atoms with Crippen LogP contribution in [0, 0.1) is 0 Å². The van der Waals surface area contributed by atoms with Gasteiger partial charge in [0.05, 0.1) is 7.11 Å². The molecule has 2 aromatic rings. The van der Waals surface area contributed by atoms with Crippen LogP contribution in [0.4, 0.5) is 0 Å². The number of fused-ring (bicyclic) bond motifs is 3. The highest BCUT2D eigenvalue weighted by Crippen LogP contribution is 2.48. The molecule has 2 nitrogen and oxygen atoms in total. The molecule has 0 aliphatic heterocycles. The number of rotatable bonds is 1. The lowest BCUT2D eigenvalue weighted by atomic mass is 9.80. The number of carbonyl (C=O) groups is 1. The molecule has 0 fully saturated rings. The Kier molecular flexibility index (Phi) is 3.63. The van der Waals surface area contributed by atoms with Gasteiger partial charge in [0.15, 0.2) is 4.32 Å². The Morgan fingerprint density at radius 3 is 2.80 bits per heavy atom. The van der Waals surface area contributed by atoms with Crippen molar-refractivity contribution >= 4 is 48.6 Å². The van der Waals surface area contributed by atoms with Crippen LogP contribution in [0.5, 0.6) is 0 Å². The number of esters is 1. The highest BCUT2D eigenvalue weighted by molar-refractivity contribution is 9.12. The Labute approximate surface area is 134 Å². The first-order chi connectivity index (χ1) is 9.59. The quantitative estimate of drug-likeness (QED) is 0.529. The molecule has 0 bridgehead atoms. The SMILES string of the molecule is COC(=O)[C@@]1(Br)c2ccc3ccccc3c2CC[C@H]1Br. The highest BCUT2D eigenvalue weighted by atomic mass is 79.9. The Hall–Kier alpha value is -0.870. The Morgan fingerprint density at radius 2 is 2.05 bits per heavy atom. The van der Waals surface area contributed by atoms with Crippen molar-refractivity contribution < 1.29 is 9.53 Å². The molecule has 0 saturated heterocycles.